The van der Waals surface area contributed by atoms with Crippen LogP contribution < -0.4 is 20.4 Å². The molecule has 0 spiro atoms. The van der Waals surface area contributed by atoms with Crippen LogP contribution in [0.2, 0.25) is 0 Å². The summed E-state index contributed by atoms with van der Waals surface area (Å²) in [7, 11) is 0. The van der Waals surface area contributed by atoms with E-state index in [1.165, 1.54) is 17.4 Å². The Morgan fingerprint density at radius 2 is 1.53 bits per heavy atom. The van der Waals surface area contributed by atoms with Crippen LogP contribution in [0.1, 0.15) is 56.5 Å². The summed E-state index contributed by atoms with van der Waals surface area (Å²) in [4.78, 5) is 67.2. The fourth-order valence-electron chi connectivity index (χ4n) is 5.70. The van der Waals surface area contributed by atoms with Gasteiger partial charge in [-0.25, -0.2) is 0 Å². The first-order chi connectivity index (χ1) is 23.3. The summed E-state index contributed by atoms with van der Waals surface area (Å²) in [5, 5.41) is 34.5. The number of para-hydroxylation sites is 2. The van der Waals surface area contributed by atoms with Crippen LogP contribution in [0.3, 0.4) is 0 Å². The highest BCUT2D eigenvalue weighted by Crippen LogP contribution is 2.36. The number of rotatable bonds is 8. The SMILES string of the molecule is CCC(C)C1OC(=O)CC1NC(=O)CN1C(=O)C(NC(=O)c2cc(O)c(O)c(O)c2)CN(C(C)=O)c2ccccc21.CCc1ccccc1. The third kappa shape index (κ3) is 8.66. The molecular weight excluding hydrogens is 632 g/mol. The number of fused-ring (bicyclic) bond motifs is 1. The first kappa shape index (κ1) is 36.2. The highest BCUT2D eigenvalue weighted by Gasteiger charge is 2.41. The summed E-state index contributed by atoms with van der Waals surface area (Å²) < 4.78 is 5.41. The van der Waals surface area contributed by atoms with Gasteiger partial charge >= 0.3 is 5.97 Å². The number of ether oxygens (including phenoxy) is 1. The smallest absolute Gasteiger partial charge is 0.308 e. The molecule has 0 radical (unpaired) electrons. The molecular formula is C36H42N4O9. The van der Waals surface area contributed by atoms with E-state index in [1.807, 2.05) is 19.9 Å². The minimum absolute atomic E-state index is 0.00483. The van der Waals surface area contributed by atoms with Crippen molar-refractivity contribution in [2.24, 2.45) is 5.92 Å². The van der Waals surface area contributed by atoms with Gasteiger partial charge in [0, 0.05) is 12.5 Å². The zero-order chi connectivity index (χ0) is 35.8. The van der Waals surface area contributed by atoms with E-state index in [2.05, 4.69) is 41.8 Å². The van der Waals surface area contributed by atoms with Crippen LogP contribution in [0.4, 0.5) is 11.4 Å². The van der Waals surface area contributed by atoms with Gasteiger partial charge in [-0.05, 0) is 48.6 Å². The highest BCUT2D eigenvalue weighted by molar-refractivity contribution is 6.10. The first-order valence-corrected chi connectivity index (χ1v) is 16.1. The molecule has 1 saturated heterocycles. The predicted molar refractivity (Wildman–Crippen MR) is 181 cm³/mol. The number of esters is 1. The molecule has 2 heterocycles. The zero-order valence-corrected chi connectivity index (χ0v) is 27.9. The van der Waals surface area contributed by atoms with Gasteiger partial charge in [0.2, 0.25) is 11.8 Å². The number of benzene rings is 3. The number of nitrogens with zero attached hydrogens (tertiary/aromatic N) is 2. The monoisotopic (exact) mass is 674 g/mol. The lowest BCUT2D eigenvalue weighted by Gasteiger charge is -2.27. The molecule has 5 rings (SSSR count). The van der Waals surface area contributed by atoms with Crippen LogP contribution in [0.25, 0.3) is 0 Å². The quantitative estimate of drug-likeness (QED) is 0.176. The Morgan fingerprint density at radius 1 is 0.918 bits per heavy atom. The Kier molecular flexibility index (Phi) is 11.8. The number of anilines is 2. The Balaban J connectivity index is 0.000000592. The summed E-state index contributed by atoms with van der Waals surface area (Å²) in [5.74, 6) is -5.31. The van der Waals surface area contributed by atoms with Crippen molar-refractivity contribution in [3.8, 4) is 17.2 Å². The zero-order valence-electron chi connectivity index (χ0n) is 27.9. The standard InChI is InChI=1S/C28H32N4O9.C8H10/c1-4-14(2)26-17(11-24(37)41-26)29-23(36)13-32-20-8-6-5-7-19(20)31(15(3)33)12-18(28(32)40)30-27(39)16-9-21(34)25(38)22(35)10-16;1-2-8-6-4-3-5-7-8/h5-10,14,17-18,26,34-35,38H,4,11-13H2,1-3H3,(H,29,36)(H,30,39);3-7H,2H2,1H3. The van der Waals surface area contributed by atoms with Gasteiger partial charge < -0.3 is 35.6 Å². The van der Waals surface area contributed by atoms with Crippen LogP contribution >= 0.6 is 0 Å². The number of phenols is 3. The first-order valence-electron chi connectivity index (χ1n) is 16.1. The van der Waals surface area contributed by atoms with E-state index in [0.29, 0.717) is 5.69 Å². The number of phenolic OH excluding ortho intramolecular Hbond substituents is 3. The van der Waals surface area contributed by atoms with Crippen LogP contribution in [0, 0.1) is 5.92 Å². The molecule has 4 unspecified atom stereocenters. The maximum Gasteiger partial charge on any atom is 0.308 e. The molecule has 3 aromatic carbocycles. The minimum atomic E-state index is -1.34. The maximum atomic E-state index is 13.9. The fourth-order valence-corrected chi connectivity index (χ4v) is 5.70. The van der Waals surface area contributed by atoms with Gasteiger partial charge in [-0.2, -0.15) is 0 Å². The number of aryl methyl sites for hydroxylation is 1. The van der Waals surface area contributed by atoms with Crippen molar-refractivity contribution in [3.05, 3.63) is 77.9 Å². The second kappa shape index (κ2) is 16.0. The number of amides is 4. The number of aromatic hydroxyl groups is 3. The largest absolute Gasteiger partial charge is 0.504 e. The molecule has 260 valence electrons. The normalized spacial score (nSPS) is 19.1. The van der Waals surface area contributed by atoms with Crippen LogP contribution in [-0.4, -0.2) is 76.2 Å². The van der Waals surface area contributed by atoms with Crippen LogP contribution in [0.5, 0.6) is 17.2 Å². The second-order valence-electron chi connectivity index (χ2n) is 12.0. The summed E-state index contributed by atoms with van der Waals surface area (Å²) in [6.45, 7) is 6.56. The number of nitrogens with one attached hydrogen (secondary N) is 2. The molecule has 4 amide bonds. The van der Waals surface area contributed by atoms with Crippen molar-refractivity contribution in [2.75, 3.05) is 22.9 Å². The molecule has 0 saturated carbocycles. The Hall–Kier alpha value is -5.59. The fraction of sp³-hybridized carbons (Fsp3) is 0.361. The molecule has 4 atom stereocenters. The van der Waals surface area contributed by atoms with E-state index in [0.717, 1.165) is 29.9 Å². The number of hydrogen-bond donors (Lipinski definition) is 5. The van der Waals surface area contributed by atoms with Crippen molar-refractivity contribution in [1.29, 1.82) is 0 Å². The van der Waals surface area contributed by atoms with Crippen molar-refractivity contribution in [1.82, 2.24) is 10.6 Å². The number of carbonyl (C=O) groups is 5. The van der Waals surface area contributed by atoms with Crippen molar-refractivity contribution >= 4 is 41.0 Å². The second-order valence-corrected chi connectivity index (χ2v) is 12.0. The van der Waals surface area contributed by atoms with Crippen LogP contribution in [-0.2, 0) is 30.3 Å². The summed E-state index contributed by atoms with van der Waals surface area (Å²) in [6, 6.07) is 16.8. The van der Waals surface area contributed by atoms with Gasteiger partial charge in [0.1, 0.15) is 18.7 Å². The average molecular weight is 675 g/mol. The van der Waals surface area contributed by atoms with E-state index in [9.17, 15) is 39.3 Å². The van der Waals surface area contributed by atoms with Crippen LogP contribution in [0.15, 0.2) is 66.7 Å². The summed E-state index contributed by atoms with van der Waals surface area (Å²) in [6.07, 6.45) is 1.35. The lowest BCUT2D eigenvalue weighted by atomic mass is 9.95. The van der Waals surface area contributed by atoms with Gasteiger partial charge in [0.05, 0.1) is 30.4 Å². The van der Waals surface area contributed by atoms with E-state index in [4.69, 9.17) is 4.74 Å². The van der Waals surface area contributed by atoms with Crippen molar-refractivity contribution in [2.45, 2.75) is 65.1 Å². The molecule has 13 heteroatoms. The van der Waals surface area contributed by atoms with E-state index < -0.39 is 71.6 Å². The third-order valence-electron chi connectivity index (χ3n) is 8.56. The summed E-state index contributed by atoms with van der Waals surface area (Å²) in [5.41, 5.74) is 1.76. The molecule has 0 bridgehead atoms. The van der Waals surface area contributed by atoms with Crippen molar-refractivity contribution < 1.29 is 44.0 Å². The van der Waals surface area contributed by atoms with E-state index >= 15 is 0 Å². The van der Waals surface area contributed by atoms with Gasteiger partial charge in [-0.3, -0.25) is 28.9 Å². The Morgan fingerprint density at radius 3 is 2.10 bits per heavy atom. The maximum absolute atomic E-state index is 13.9. The van der Waals surface area contributed by atoms with Crippen molar-refractivity contribution in [3.63, 3.8) is 0 Å². The lowest BCUT2D eigenvalue weighted by Crippen LogP contribution is -2.55. The number of hydrogen-bond acceptors (Lipinski definition) is 9. The number of carbonyl (C=O) groups excluding carboxylic acids is 5. The molecule has 3 aromatic rings. The van der Waals surface area contributed by atoms with Gasteiger partial charge in [-0.15, -0.1) is 0 Å². The highest BCUT2D eigenvalue weighted by atomic mass is 16.6. The molecule has 13 nitrogen and oxygen atoms in total. The molecule has 2 aliphatic heterocycles. The molecule has 5 N–H and O–H groups in total. The average Bonchev–Trinajstić information content (AvgIpc) is 3.41. The molecule has 49 heavy (non-hydrogen) atoms. The molecule has 2 aliphatic rings. The van der Waals surface area contributed by atoms with E-state index in [-0.39, 0.29) is 30.1 Å². The summed E-state index contributed by atoms with van der Waals surface area (Å²) >= 11 is 0. The van der Waals surface area contributed by atoms with E-state index in [1.54, 1.807) is 24.3 Å². The lowest BCUT2D eigenvalue weighted by molar-refractivity contribution is -0.143. The Bertz CT molecular complexity index is 1670. The Labute approximate surface area is 284 Å². The van der Waals surface area contributed by atoms with Gasteiger partial charge in [0.15, 0.2) is 17.2 Å². The van der Waals surface area contributed by atoms with Gasteiger partial charge in [0.25, 0.3) is 11.8 Å². The predicted octanol–water partition coefficient (Wildman–Crippen LogP) is 3.40. The minimum Gasteiger partial charge on any atom is -0.504 e. The molecule has 1 fully saturated rings. The topological polar surface area (TPSA) is 186 Å². The molecule has 0 aromatic heterocycles. The number of cyclic esters (lactones) is 1. The third-order valence-corrected chi connectivity index (χ3v) is 8.56. The molecule has 0 aliphatic carbocycles. The van der Waals surface area contributed by atoms with Gasteiger partial charge in [-0.1, -0.05) is 63.2 Å².